The van der Waals surface area contributed by atoms with Crippen LogP contribution in [0.2, 0.25) is 0 Å². The van der Waals surface area contributed by atoms with Gasteiger partial charge >= 0.3 is 0 Å². The lowest BCUT2D eigenvalue weighted by Gasteiger charge is -2.24. The van der Waals surface area contributed by atoms with E-state index in [9.17, 15) is 4.79 Å². The number of hydrogen-bond donors (Lipinski definition) is 2. The van der Waals surface area contributed by atoms with Crippen molar-refractivity contribution in [1.82, 2.24) is 15.6 Å². The molecule has 0 saturated carbocycles. The van der Waals surface area contributed by atoms with Crippen LogP contribution in [0.4, 0.5) is 0 Å². The fraction of sp³-hybridized carbons (Fsp3) is 0.333. The van der Waals surface area contributed by atoms with Crippen molar-refractivity contribution in [3.05, 3.63) is 42.1 Å². The number of carbonyl (C=O) groups excluding carboxylic acids is 1. The Morgan fingerprint density at radius 2 is 2.21 bits per heavy atom. The van der Waals surface area contributed by atoms with Crippen molar-refractivity contribution in [2.24, 2.45) is 0 Å². The number of piperidine rings is 1. The van der Waals surface area contributed by atoms with Gasteiger partial charge in [-0.25, -0.2) is 0 Å². The Morgan fingerprint density at radius 3 is 3.05 bits per heavy atom. The van der Waals surface area contributed by atoms with Gasteiger partial charge in [0.25, 0.3) is 5.91 Å². The van der Waals surface area contributed by atoms with Crippen molar-refractivity contribution in [3.8, 4) is 0 Å². The van der Waals surface area contributed by atoms with Crippen molar-refractivity contribution < 1.29 is 4.79 Å². The van der Waals surface area contributed by atoms with Crippen LogP contribution < -0.4 is 10.6 Å². The molecule has 0 bridgehead atoms. The summed E-state index contributed by atoms with van der Waals surface area (Å²) in [7, 11) is 0. The standard InChI is InChI=1S/C15H17N3O/c19-15(18-11-4-3-8-16-10-11)13-7-9-17-14-6-2-1-5-12(13)14/h1-2,5-7,9,11,16H,3-4,8,10H2,(H,18,19)/t11-/m1/s1. The first-order chi connectivity index (χ1) is 9.34. The van der Waals surface area contributed by atoms with Gasteiger partial charge in [-0.1, -0.05) is 18.2 Å². The van der Waals surface area contributed by atoms with Gasteiger partial charge in [-0.15, -0.1) is 0 Å². The summed E-state index contributed by atoms with van der Waals surface area (Å²) in [6.07, 6.45) is 3.85. The number of para-hydroxylation sites is 1. The third kappa shape index (κ3) is 2.58. The Morgan fingerprint density at radius 1 is 1.32 bits per heavy atom. The zero-order valence-electron chi connectivity index (χ0n) is 10.7. The molecule has 4 heteroatoms. The van der Waals surface area contributed by atoms with E-state index in [1.807, 2.05) is 24.3 Å². The summed E-state index contributed by atoms with van der Waals surface area (Å²) in [5.41, 5.74) is 1.56. The van der Waals surface area contributed by atoms with Crippen LogP contribution in [0.25, 0.3) is 10.9 Å². The van der Waals surface area contributed by atoms with Gasteiger partial charge in [0.1, 0.15) is 0 Å². The predicted octanol–water partition coefficient (Wildman–Crippen LogP) is 1.72. The maximum absolute atomic E-state index is 12.4. The van der Waals surface area contributed by atoms with Crippen molar-refractivity contribution in [1.29, 1.82) is 0 Å². The molecule has 0 radical (unpaired) electrons. The van der Waals surface area contributed by atoms with Crippen LogP contribution in [0.3, 0.4) is 0 Å². The predicted molar refractivity (Wildman–Crippen MR) is 75.1 cm³/mol. The lowest BCUT2D eigenvalue weighted by Crippen LogP contribution is -2.45. The first-order valence-corrected chi connectivity index (χ1v) is 6.70. The molecular formula is C15H17N3O. The van der Waals surface area contributed by atoms with Gasteiger partial charge < -0.3 is 10.6 Å². The molecule has 1 fully saturated rings. The molecule has 2 aromatic rings. The monoisotopic (exact) mass is 255 g/mol. The van der Waals surface area contributed by atoms with Crippen LogP contribution in [0.1, 0.15) is 23.2 Å². The number of nitrogens with one attached hydrogen (secondary N) is 2. The molecule has 2 N–H and O–H groups in total. The molecule has 1 saturated heterocycles. The Labute approximate surface area is 112 Å². The maximum atomic E-state index is 12.4. The molecule has 1 amide bonds. The van der Waals surface area contributed by atoms with Gasteiger partial charge in [0.2, 0.25) is 0 Å². The van der Waals surface area contributed by atoms with Gasteiger partial charge in [-0.3, -0.25) is 9.78 Å². The first-order valence-electron chi connectivity index (χ1n) is 6.70. The second-order valence-corrected chi connectivity index (χ2v) is 4.89. The summed E-state index contributed by atoms with van der Waals surface area (Å²) >= 11 is 0. The molecule has 98 valence electrons. The molecule has 1 atom stereocenters. The molecule has 1 aliphatic heterocycles. The zero-order valence-corrected chi connectivity index (χ0v) is 10.7. The number of hydrogen-bond acceptors (Lipinski definition) is 3. The zero-order chi connectivity index (χ0) is 13.1. The minimum Gasteiger partial charge on any atom is -0.348 e. The number of fused-ring (bicyclic) bond motifs is 1. The van der Waals surface area contributed by atoms with Gasteiger partial charge in [0, 0.05) is 24.2 Å². The highest BCUT2D eigenvalue weighted by Gasteiger charge is 2.17. The quantitative estimate of drug-likeness (QED) is 0.859. The minimum absolute atomic E-state index is 0.00713. The Balaban J connectivity index is 1.85. The summed E-state index contributed by atoms with van der Waals surface area (Å²) in [5.74, 6) is -0.00713. The van der Waals surface area contributed by atoms with E-state index in [2.05, 4.69) is 15.6 Å². The summed E-state index contributed by atoms with van der Waals surface area (Å²) in [5, 5.41) is 7.31. The summed E-state index contributed by atoms with van der Waals surface area (Å²) in [4.78, 5) is 16.6. The van der Waals surface area contributed by atoms with Crippen LogP contribution in [0, 0.1) is 0 Å². The largest absolute Gasteiger partial charge is 0.348 e. The SMILES string of the molecule is O=C(N[C@@H]1CCCNC1)c1ccnc2ccccc12. The average Bonchev–Trinajstić information content (AvgIpc) is 2.47. The number of rotatable bonds is 2. The van der Waals surface area contributed by atoms with Crippen LogP contribution in [-0.2, 0) is 0 Å². The van der Waals surface area contributed by atoms with E-state index in [0.717, 1.165) is 36.8 Å². The molecule has 19 heavy (non-hydrogen) atoms. The normalized spacial score (nSPS) is 19.3. The van der Waals surface area contributed by atoms with E-state index in [4.69, 9.17) is 0 Å². The van der Waals surface area contributed by atoms with Gasteiger partial charge in [0.15, 0.2) is 0 Å². The molecule has 0 spiro atoms. The van der Waals surface area contributed by atoms with Crippen molar-refractivity contribution in [2.45, 2.75) is 18.9 Å². The molecule has 3 rings (SSSR count). The van der Waals surface area contributed by atoms with Gasteiger partial charge in [0.05, 0.1) is 11.1 Å². The number of aromatic nitrogens is 1. The van der Waals surface area contributed by atoms with Gasteiger partial charge in [-0.05, 0) is 31.5 Å². The fourth-order valence-corrected chi connectivity index (χ4v) is 2.53. The van der Waals surface area contributed by atoms with Crippen molar-refractivity contribution in [2.75, 3.05) is 13.1 Å². The third-order valence-corrected chi connectivity index (χ3v) is 3.53. The topological polar surface area (TPSA) is 54.0 Å². The second-order valence-electron chi connectivity index (χ2n) is 4.89. The van der Waals surface area contributed by atoms with E-state index >= 15 is 0 Å². The average molecular weight is 255 g/mol. The molecule has 0 aliphatic carbocycles. The number of nitrogens with zero attached hydrogens (tertiary/aromatic N) is 1. The van der Waals surface area contributed by atoms with Crippen molar-refractivity contribution >= 4 is 16.8 Å². The van der Waals surface area contributed by atoms with E-state index in [0.29, 0.717) is 5.56 Å². The maximum Gasteiger partial charge on any atom is 0.252 e. The second kappa shape index (κ2) is 5.36. The van der Waals surface area contributed by atoms with E-state index in [1.165, 1.54) is 0 Å². The summed E-state index contributed by atoms with van der Waals surface area (Å²) < 4.78 is 0. The molecule has 1 aromatic heterocycles. The van der Waals surface area contributed by atoms with E-state index in [-0.39, 0.29) is 11.9 Å². The third-order valence-electron chi connectivity index (χ3n) is 3.53. The summed E-state index contributed by atoms with van der Waals surface area (Å²) in [6.45, 7) is 1.90. The number of carbonyl (C=O) groups is 1. The highest BCUT2D eigenvalue weighted by Crippen LogP contribution is 2.16. The number of benzene rings is 1. The lowest BCUT2D eigenvalue weighted by molar-refractivity contribution is 0.0932. The Hall–Kier alpha value is -1.94. The Kier molecular flexibility index (Phi) is 3.42. The van der Waals surface area contributed by atoms with Crippen LogP contribution >= 0.6 is 0 Å². The van der Waals surface area contributed by atoms with Crippen LogP contribution in [0.5, 0.6) is 0 Å². The molecule has 0 unspecified atom stereocenters. The minimum atomic E-state index is -0.00713. The molecular weight excluding hydrogens is 238 g/mol. The smallest absolute Gasteiger partial charge is 0.252 e. The van der Waals surface area contributed by atoms with Crippen LogP contribution in [0.15, 0.2) is 36.5 Å². The number of pyridine rings is 1. The number of amides is 1. The Bertz CT molecular complexity index is 585. The van der Waals surface area contributed by atoms with E-state index < -0.39 is 0 Å². The fourth-order valence-electron chi connectivity index (χ4n) is 2.53. The lowest BCUT2D eigenvalue weighted by atomic mass is 10.1. The molecule has 1 aromatic carbocycles. The molecule has 2 heterocycles. The molecule has 1 aliphatic rings. The first kappa shape index (κ1) is 12.1. The highest BCUT2D eigenvalue weighted by molar-refractivity contribution is 6.06. The van der Waals surface area contributed by atoms with Crippen molar-refractivity contribution in [3.63, 3.8) is 0 Å². The molecule has 4 nitrogen and oxygen atoms in total. The van der Waals surface area contributed by atoms with E-state index in [1.54, 1.807) is 12.3 Å². The van der Waals surface area contributed by atoms with Crippen LogP contribution in [-0.4, -0.2) is 30.0 Å². The van der Waals surface area contributed by atoms with Gasteiger partial charge in [-0.2, -0.15) is 0 Å². The highest BCUT2D eigenvalue weighted by atomic mass is 16.1. The summed E-state index contributed by atoms with van der Waals surface area (Å²) in [6, 6.07) is 9.75.